The maximum absolute atomic E-state index is 13.5. The Morgan fingerprint density at radius 3 is 2.38 bits per heavy atom. The van der Waals surface area contributed by atoms with Crippen LogP contribution in [0.25, 0.3) is 22.0 Å². The molecule has 0 saturated heterocycles. The molecule has 1 heterocycles. The molecular weight excluding hydrogens is 537 g/mol. The Morgan fingerprint density at radius 1 is 1.05 bits per heavy atom. The monoisotopic (exact) mass is 562 g/mol. The van der Waals surface area contributed by atoms with Crippen LogP contribution < -0.4 is 5.56 Å². The zero-order valence-corrected chi connectivity index (χ0v) is 21.1. The Bertz CT molecular complexity index is 1290. The number of phenols is 1. The van der Waals surface area contributed by atoms with Gasteiger partial charge in [0.2, 0.25) is 0 Å². The highest BCUT2D eigenvalue weighted by Gasteiger charge is 2.31. The number of thioether (sulfide) groups is 1. The zero-order chi connectivity index (χ0) is 27.5. The van der Waals surface area contributed by atoms with E-state index in [-0.39, 0.29) is 63.1 Å². The summed E-state index contributed by atoms with van der Waals surface area (Å²) >= 11 is 6.95. The molecule has 0 amide bonds. The van der Waals surface area contributed by atoms with Gasteiger partial charge in [-0.25, -0.2) is 0 Å². The van der Waals surface area contributed by atoms with Gasteiger partial charge < -0.3 is 30.5 Å². The van der Waals surface area contributed by atoms with Gasteiger partial charge in [0.15, 0.2) is 6.29 Å². The summed E-state index contributed by atoms with van der Waals surface area (Å²) in [6.07, 6.45) is -8.31. The van der Waals surface area contributed by atoms with Crippen molar-refractivity contribution in [1.29, 1.82) is 0 Å². The normalized spacial score (nSPS) is 14.0. The van der Waals surface area contributed by atoms with E-state index >= 15 is 0 Å². The summed E-state index contributed by atoms with van der Waals surface area (Å²) < 4.78 is 40.5. The fourth-order valence-corrected chi connectivity index (χ4v) is 5.11. The number of aliphatic hydroxyl groups is 4. The van der Waals surface area contributed by atoms with Gasteiger partial charge in [0.25, 0.3) is 5.56 Å². The third-order valence-electron chi connectivity index (χ3n) is 5.36. The SMILES string of the molecule is CC(O)CN(CC(O)O)CC(O)CSc1c(-c2cc(Cl)ccc2O)c2cc(C(F)(F)F)ccc2[nH]c1=O. The van der Waals surface area contributed by atoms with E-state index in [9.17, 15) is 43.5 Å². The molecule has 0 fully saturated rings. The van der Waals surface area contributed by atoms with Crippen LogP contribution in [0.15, 0.2) is 46.1 Å². The molecule has 1 aromatic heterocycles. The van der Waals surface area contributed by atoms with Crippen molar-refractivity contribution in [2.24, 2.45) is 0 Å². The molecule has 2 atom stereocenters. The average Bonchev–Trinajstić information content (AvgIpc) is 2.77. The molecule has 0 spiro atoms. The van der Waals surface area contributed by atoms with Crippen molar-refractivity contribution in [3.63, 3.8) is 0 Å². The molecule has 3 aromatic rings. The molecule has 0 aliphatic rings. The number of alkyl halides is 3. The number of halogens is 4. The first-order valence-electron chi connectivity index (χ1n) is 11.1. The number of benzene rings is 2. The number of pyridine rings is 1. The minimum Gasteiger partial charge on any atom is -0.507 e. The lowest BCUT2D eigenvalue weighted by molar-refractivity contribution is -0.137. The van der Waals surface area contributed by atoms with Crippen molar-refractivity contribution >= 4 is 34.3 Å². The van der Waals surface area contributed by atoms with E-state index in [0.717, 1.165) is 30.0 Å². The third kappa shape index (κ3) is 7.60. The second-order valence-corrected chi connectivity index (χ2v) is 10.1. The Morgan fingerprint density at radius 2 is 1.76 bits per heavy atom. The molecule has 8 nitrogen and oxygen atoms in total. The molecule has 0 radical (unpaired) electrons. The lowest BCUT2D eigenvalue weighted by atomic mass is 9.98. The van der Waals surface area contributed by atoms with E-state index in [1.165, 1.54) is 30.0 Å². The number of aliphatic hydroxyl groups excluding tert-OH is 3. The highest BCUT2D eigenvalue weighted by molar-refractivity contribution is 7.99. The Labute approximate surface area is 218 Å². The van der Waals surface area contributed by atoms with Gasteiger partial charge in [-0.3, -0.25) is 9.69 Å². The molecule has 37 heavy (non-hydrogen) atoms. The average molecular weight is 563 g/mol. The van der Waals surface area contributed by atoms with E-state index in [1.807, 2.05) is 0 Å². The van der Waals surface area contributed by atoms with Crippen LogP contribution in [-0.4, -0.2) is 79.3 Å². The summed E-state index contributed by atoms with van der Waals surface area (Å²) in [7, 11) is 0. The second-order valence-electron chi connectivity index (χ2n) is 8.59. The molecule has 6 N–H and O–H groups in total. The number of H-pyrrole nitrogens is 1. The topological polar surface area (TPSA) is 137 Å². The van der Waals surface area contributed by atoms with Crippen molar-refractivity contribution in [2.75, 3.05) is 25.4 Å². The number of nitrogens with one attached hydrogen (secondary N) is 1. The predicted molar refractivity (Wildman–Crippen MR) is 135 cm³/mol. The van der Waals surface area contributed by atoms with Crippen LogP contribution in [0.5, 0.6) is 5.75 Å². The molecule has 2 unspecified atom stereocenters. The minimum absolute atomic E-state index is 0.0168. The van der Waals surface area contributed by atoms with Gasteiger partial charge in [-0.05, 0) is 43.3 Å². The number of phenolic OH excluding ortho intramolecular Hbond substituents is 1. The van der Waals surface area contributed by atoms with Crippen molar-refractivity contribution in [2.45, 2.75) is 36.5 Å². The highest BCUT2D eigenvalue weighted by atomic mass is 35.5. The number of aromatic nitrogens is 1. The summed E-state index contributed by atoms with van der Waals surface area (Å²) in [6.45, 7) is 1.20. The summed E-state index contributed by atoms with van der Waals surface area (Å²) in [5, 5.41) is 49.5. The molecule has 0 saturated carbocycles. The number of nitrogens with zero attached hydrogens (tertiary/aromatic N) is 1. The van der Waals surface area contributed by atoms with Crippen molar-refractivity contribution < 1.29 is 38.7 Å². The largest absolute Gasteiger partial charge is 0.507 e. The first-order chi connectivity index (χ1) is 17.3. The van der Waals surface area contributed by atoms with E-state index < -0.39 is 35.8 Å². The van der Waals surface area contributed by atoms with Crippen LogP contribution in [-0.2, 0) is 6.18 Å². The van der Waals surface area contributed by atoms with Crippen molar-refractivity contribution in [1.82, 2.24) is 9.88 Å². The van der Waals surface area contributed by atoms with Crippen LogP contribution in [0.4, 0.5) is 13.2 Å². The number of fused-ring (bicyclic) bond motifs is 1. The highest BCUT2D eigenvalue weighted by Crippen LogP contribution is 2.42. The summed E-state index contributed by atoms with van der Waals surface area (Å²) in [4.78, 5) is 16.9. The molecule has 3 rings (SSSR count). The minimum atomic E-state index is -4.66. The number of rotatable bonds is 10. The zero-order valence-electron chi connectivity index (χ0n) is 19.5. The first-order valence-corrected chi connectivity index (χ1v) is 12.5. The Kier molecular flexibility index (Phi) is 9.51. The van der Waals surface area contributed by atoms with E-state index in [0.29, 0.717) is 0 Å². The molecule has 0 aliphatic heterocycles. The number of hydrogen-bond acceptors (Lipinski definition) is 8. The summed E-state index contributed by atoms with van der Waals surface area (Å²) in [5.74, 6) is -0.421. The second kappa shape index (κ2) is 12.0. The molecular formula is C24H26ClF3N2O6S. The number of aromatic hydroxyl groups is 1. The predicted octanol–water partition coefficient (Wildman–Crippen LogP) is 3.02. The fourth-order valence-electron chi connectivity index (χ4n) is 3.92. The molecule has 13 heteroatoms. The van der Waals surface area contributed by atoms with Crippen LogP contribution in [0.1, 0.15) is 12.5 Å². The maximum atomic E-state index is 13.5. The van der Waals surface area contributed by atoms with Crippen LogP contribution >= 0.6 is 23.4 Å². The number of hydrogen-bond donors (Lipinski definition) is 6. The molecule has 0 bridgehead atoms. The summed E-state index contributed by atoms with van der Waals surface area (Å²) in [5.41, 5.74) is -1.43. The van der Waals surface area contributed by atoms with Crippen molar-refractivity contribution in [3.05, 3.63) is 57.3 Å². The van der Waals surface area contributed by atoms with E-state index in [2.05, 4.69) is 4.98 Å². The van der Waals surface area contributed by atoms with Gasteiger partial charge in [-0.2, -0.15) is 13.2 Å². The van der Waals surface area contributed by atoms with Gasteiger partial charge in [0.05, 0.1) is 22.7 Å². The Balaban J connectivity index is 2.06. The van der Waals surface area contributed by atoms with Gasteiger partial charge in [-0.1, -0.05) is 11.6 Å². The van der Waals surface area contributed by atoms with E-state index in [1.54, 1.807) is 0 Å². The standard InChI is InChI=1S/C24H26ClF3N2O6S/c1-12(31)8-30(10-20(34)35)9-15(32)11-37-22-21(17-7-14(25)3-5-19(17)33)16-6-13(24(26,27)28)2-4-18(16)29-23(22)36/h2-7,12,15,20,31-35H,8-11H2,1H3,(H,29,36). The molecule has 0 aliphatic carbocycles. The van der Waals surface area contributed by atoms with Crippen LogP contribution in [0.3, 0.4) is 0 Å². The Hall–Kier alpha value is -2.32. The van der Waals surface area contributed by atoms with Crippen molar-refractivity contribution in [3.8, 4) is 16.9 Å². The lowest BCUT2D eigenvalue weighted by Crippen LogP contribution is -2.42. The maximum Gasteiger partial charge on any atom is 0.416 e. The van der Waals surface area contributed by atoms with Crippen LogP contribution in [0, 0.1) is 0 Å². The quantitative estimate of drug-likeness (QED) is 0.164. The van der Waals surface area contributed by atoms with Crippen LogP contribution in [0.2, 0.25) is 5.02 Å². The van der Waals surface area contributed by atoms with E-state index in [4.69, 9.17) is 11.6 Å². The van der Waals surface area contributed by atoms with Gasteiger partial charge >= 0.3 is 6.18 Å². The third-order valence-corrected chi connectivity index (χ3v) is 6.82. The first kappa shape index (κ1) is 29.2. The fraction of sp³-hybridized carbons (Fsp3) is 0.375. The molecule has 2 aromatic carbocycles. The lowest BCUT2D eigenvalue weighted by Gasteiger charge is -2.26. The van der Waals surface area contributed by atoms with Gasteiger partial charge in [-0.15, -0.1) is 11.8 Å². The summed E-state index contributed by atoms with van der Waals surface area (Å²) in [6, 6.07) is 6.81. The van der Waals surface area contributed by atoms with Gasteiger partial charge in [0, 0.05) is 52.4 Å². The molecule has 202 valence electrons. The smallest absolute Gasteiger partial charge is 0.416 e. The van der Waals surface area contributed by atoms with Gasteiger partial charge in [0.1, 0.15) is 5.75 Å². The number of aromatic amines is 1.